The van der Waals surface area contributed by atoms with Crippen LogP contribution in [0.25, 0.3) is 0 Å². The summed E-state index contributed by atoms with van der Waals surface area (Å²) in [4.78, 5) is 50.8. The summed E-state index contributed by atoms with van der Waals surface area (Å²) in [6.07, 6.45) is 15.9. The van der Waals surface area contributed by atoms with Crippen LogP contribution in [-0.4, -0.2) is 84.6 Å². The number of ketones is 4. The highest BCUT2D eigenvalue weighted by Gasteiger charge is 2.69. The number of allylic oxidation sites excluding steroid dienone is 2. The summed E-state index contributed by atoms with van der Waals surface area (Å²) in [5, 5.41) is 15.2. The Kier molecular flexibility index (Phi) is 10.9. The minimum atomic E-state index is -0.522. The zero-order valence-electron chi connectivity index (χ0n) is 32.9. The summed E-state index contributed by atoms with van der Waals surface area (Å²) in [6.45, 7) is 11.3. The molecule has 306 valence electrons. The van der Waals surface area contributed by atoms with Gasteiger partial charge >= 0.3 is 0 Å². The summed E-state index contributed by atoms with van der Waals surface area (Å²) >= 11 is 0. The number of ether oxygens (including phenoxy) is 4. The number of aliphatic hydroxyl groups is 2. The van der Waals surface area contributed by atoms with Gasteiger partial charge in [0, 0.05) is 67.6 Å². The van der Waals surface area contributed by atoms with E-state index in [2.05, 4.69) is 26.8 Å². The standard InChI is InChI=1S/C23H32O5.C19H24O3.C2H6O2.CH4/c1-20-7-8-22(25-9-10-26-22)13-15(20)3-4-16-17-5-6-23(27-11-12-28-23)21(17,2)14-18(24)19(16)20;1-18-8-7-12(20)9-11(18)3-4-13-14-5-6-16(22)19(14,2)10-15(21)17(13)18;3-1-2-4;/h3,16-17,19H,4-14H2,1-2H3;9,13-14,17H,3-8,10H2,1-2H3;3-4H,1-2H2;1H4/t16-,17-,19+,20-,21-;13-,14-,17+,18-,19-;;/m00../s1. The second kappa shape index (κ2) is 14.6. The van der Waals surface area contributed by atoms with Crippen LogP contribution in [0.15, 0.2) is 23.3 Å². The van der Waals surface area contributed by atoms with Crippen molar-refractivity contribution in [1.82, 2.24) is 0 Å². The Morgan fingerprint density at radius 1 is 0.636 bits per heavy atom. The zero-order chi connectivity index (χ0) is 38.3. The van der Waals surface area contributed by atoms with Crippen molar-refractivity contribution < 1.29 is 48.3 Å². The van der Waals surface area contributed by atoms with E-state index in [1.54, 1.807) is 0 Å². The lowest BCUT2D eigenvalue weighted by Crippen LogP contribution is -2.59. The summed E-state index contributed by atoms with van der Waals surface area (Å²) in [5.74, 6) is 2.06. The van der Waals surface area contributed by atoms with Gasteiger partial charge in [-0.2, -0.15) is 0 Å². The van der Waals surface area contributed by atoms with Gasteiger partial charge in [0.15, 0.2) is 17.4 Å². The molecule has 6 saturated carbocycles. The second-order valence-corrected chi connectivity index (χ2v) is 19.3. The average Bonchev–Trinajstić information content (AvgIpc) is 3.93. The number of hydrogen-bond donors (Lipinski definition) is 2. The van der Waals surface area contributed by atoms with Crippen LogP contribution >= 0.6 is 0 Å². The average molecular weight is 767 g/mol. The van der Waals surface area contributed by atoms with Crippen LogP contribution in [0, 0.1) is 57.2 Å². The fourth-order valence-corrected chi connectivity index (χ4v) is 14.2. The topological polar surface area (TPSA) is 146 Å². The van der Waals surface area contributed by atoms with E-state index < -0.39 is 17.0 Å². The van der Waals surface area contributed by atoms with E-state index in [1.807, 2.05) is 13.0 Å². The molecule has 0 aromatic rings. The van der Waals surface area contributed by atoms with Gasteiger partial charge in [-0.1, -0.05) is 52.3 Å². The molecule has 0 aromatic carbocycles. The minimum absolute atomic E-state index is 0. The van der Waals surface area contributed by atoms with Crippen LogP contribution in [0.1, 0.15) is 125 Å². The Morgan fingerprint density at radius 2 is 1.27 bits per heavy atom. The van der Waals surface area contributed by atoms with Gasteiger partial charge in [0.2, 0.25) is 0 Å². The smallest absolute Gasteiger partial charge is 0.174 e. The minimum Gasteiger partial charge on any atom is -0.394 e. The molecule has 10 aliphatic rings. The molecule has 0 bridgehead atoms. The van der Waals surface area contributed by atoms with E-state index in [4.69, 9.17) is 29.2 Å². The fraction of sp³-hybridized carbons (Fsp3) is 0.822. The first-order chi connectivity index (χ1) is 25.7. The van der Waals surface area contributed by atoms with Crippen LogP contribution in [0.2, 0.25) is 0 Å². The summed E-state index contributed by atoms with van der Waals surface area (Å²) in [7, 11) is 0. The molecule has 0 amide bonds. The molecule has 10 nitrogen and oxygen atoms in total. The predicted octanol–water partition coefficient (Wildman–Crippen LogP) is 6.49. The number of rotatable bonds is 1. The normalized spacial score (nSPS) is 44.3. The molecule has 10 heteroatoms. The Hall–Kier alpha value is -2.08. The van der Waals surface area contributed by atoms with Crippen molar-refractivity contribution in [3.8, 4) is 0 Å². The zero-order valence-corrected chi connectivity index (χ0v) is 32.9. The first kappa shape index (κ1) is 41.1. The quantitative estimate of drug-likeness (QED) is 0.284. The van der Waals surface area contributed by atoms with E-state index >= 15 is 0 Å². The molecule has 0 aromatic heterocycles. The van der Waals surface area contributed by atoms with Crippen LogP contribution < -0.4 is 0 Å². The predicted molar refractivity (Wildman–Crippen MR) is 204 cm³/mol. The second-order valence-electron chi connectivity index (χ2n) is 19.3. The number of Topliss-reactive ketones (excluding diaryl/α,β-unsaturated/α-hetero) is 3. The summed E-state index contributed by atoms with van der Waals surface area (Å²) in [6, 6.07) is 0. The lowest BCUT2D eigenvalue weighted by molar-refractivity contribution is -0.239. The number of hydrogen-bond acceptors (Lipinski definition) is 10. The molecule has 55 heavy (non-hydrogen) atoms. The highest BCUT2D eigenvalue weighted by Crippen LogP contribution is 2.68. The van der Waals surface area contributed by atoms with E-state index in [9.17, 15) is 19.2 Å². The van der Waals surface area contributed by atoms with E-state index in [-0.39, 0.29) is 60.3 Å². The molecule has 8 aliphatic carbocycles. The van der Waals surface area contributed by atoms with Gasteiger partial charge in [-0.15, -0.1) is 0 Å². The van der Waals surface area contributed by atoms with Crippen molar-refractivity contribution in [2.75, 3.05) is 39.6 Å². The third-order valence-electron chi connectivity index (χ3n) is 16.9. The lowest BCUT2D eigenvalue weighted by atomic mass is 9.47. The molecule has 2 saturated heterocycles. The van der Waals surface area contributed by atoms with Crippen molar-refractivity contribution >= 4 is 23.1 Å². The Morgan fingerprint density at radius 3 is 1.96 bits per heavy atom. The molecule has 2 spiro atoms. The Bertz CT molecular complexity index is 1620. The molecule has 2 aliphatic heterocycles. The van der Waals surface area contributed by atoms with Gasteiger partial charge in [0.25, 0.3) is 0 Å². The number of carbonyl (C=O) groups excluding carboxylic acids is 4. The van der Waals surface area contributed by atoms with E-state index in [0.717, 1.165) is 64.2 Å². The van der Waals surface area contributed by atoms with Gasteiger partial charge in [0.05, 0.1) is 39.6 Å². The Labute approximate surface area is 327 Å². The number of fused-ring (bicyclic) bond motifs is 11. The maximum atomic E-state index is 13.7. The van der Waals surface area contributed by atoms with Crippen LogP contribution in [0.4, 0.5) is 0 Å². The molecule has 10 rings (SSSR count). The van der Waals surface area contributed by atoms with Gasteiger partial charge in [-0.3, -0.25) is 19.2 Å². The van der Waals surface area contributed by atoms with Crippen molar-refractivity contribution in [3.63, 3.8) is 0 Å². The van der Waals surface area contributed by atoms with Gasteiger partial charge in [-0.25, -0.2) is 0 Å². The molecular weight excluding hydrogens is 700 g/mol. The number of carbonyl (C=O) groups is 4. The molecule has 0 radical (unpaired) electrons. The monoisotopic (exact) mass is 766 g/mol. The van der Waals surface area contributed by atoms with Gasteiger partial charge in [-0.05, 0) is 85.5 Å². The molecule has 2 N–H and O–H groups in total. The third kappa shape index (κ3) is 6.16. The fourth-order valence-electron chi connectivity index (χ4n) is 14.2. The van der Waals surface area contributed by atoms with Crippen molar-refractivity contribution in [3.05, 3.63) is 23.3 Å². The highest BCUT2D eigenvalue weighted by atomic mass is 16.7. The van der Waals surface area contributed by atoms with Crippen LogP contribution in [0.3, 0.4) is 0 Å². The molecule has 8 fully saturated rings. The maximum absolute atomic E-state index is 13.7. The number of aliphatic hydroxyl groups excluding tert-OH is 2. The van der Waals surface area contributed by atoms with Gasteiger partial charge < -0.3 is 29.2 Å². The highest BCUT2D eigenvalue weighted by molar-refractivity contribution is 5.97. The SMILES string of the molecule is C.C[C@]12CCC(=O)C=C1CC[C@@H]1[C@@H]2C(=O)C[C@]2(C)C(=O)CC[C@@H]12.C[C@]12CCC3(CC1=CC[C@@H]1[C@@H]2C(=O)C[C@@]2(C)[C@H]1CCC21OCCO1)OCCO3.OCCO. The van der Waals surface area contributed by atoms with Crippen molar-refractivity contribution in [1.29, 1.82) is 0 Å². The molecular formula is C45H66O10. The first-order valence-electron chi connectivity index (χ1n) is 21.0. The molecule has 0 unspecified atom stereocenters. The van der Waals surface area contributed by atoms with Crippen molar-refractivity contribution in [2.24, 2.45) is 57.2 Å². The molecule has 2 heterocycles. The lowest BCUT2D eigenvalue weighted by Gasteiger charge is -2.58. The van der Waals surface area contributed by atoms with E-state index in [1.165, 1.54) is 11.1 Å². The van der Waals surface area contributed by atoms with E-state index in [0.29, 0.717) is 87.3 Å². The largest absolute Gasteiger partial charge is 0.394 e. The first-order valence-corrected chi connectivity index (χ1v) is 21.0. The van der Waals surface area contributed by atoms with Crippen molar-refractivity contribution in [2.45, 2.75) is 137 Å². The third-order valence-corrected chi connectivity index (χ3v) is 16.9. The Balaban J connectivity index is 0.000000155. The summed E-state index contributed by atoms with van der Waals surface area (Å²) < 4.78 is 24.4. The maximum Gasteiger partial charge on any atom is 0.174 e. The van der Waals surface area contributed by atoms with Gasteiger partial charge in [0.1, 0.15) is 17.3 Å². The summed E-state index contributed by atoms with van der Waals surface area (Å²) in [5.41, 5.74) is 1.83. The van der Waals surface area contributed by atoms with Crippen LogP contribution in [0.5, 0.6) is 0 Å². The van der Waals surface area contributed by atoms with Crippen LogP contribution in [-0.2, 0) is 38.1 Å². The molecule has 10 atom stereocenters.